The molecular formula is C19H18BrN3O3S. The third-order valence-electron chi connectivity index (χ3n) is 3.69. The molecule has 27 heavy (non-hydrogen) atoms. The van der Waals surface area contributed by atoms with Crippen molar-refractivity contribution in [3.05, 3.63) is 53.0 Å². The minimum absolute atomic E-state index is 0.159. The number of ether oxygens (including phenoxy) is 2. The van der Waals surface area contributed by atoms with Crippen LogP contribution in [0.3, 0.4) is 0 Å². The first-order valence-electron chi connectivity index (χ1n) is 8.26. The Labute approximate surface area is 170 Å². The van der Waals surface area contributed by atoms with Gasteiger partial charge in [0, 0.05) is 15.7 Å². The van der Waals surface area contributed by atoms with Crippen LogP contribution in [0.25, 0.3) is 17.1 Å². The van der Waals surface area contributed by atoms with Gasteiger partial charge in [-0.1, -0.05) is 39.8 Å². The van der Waals surface area contributed by atoms with Gasteiger partial charge in [0.15, 0.2) is 11.0 Å². The van der Waals surface area contributed by atoms with Crippen molar-refractivity contribution in [2.24, 2.45) is 0 Å². The number of thioether (sulfide) groups is 1. The van der Waals surface area contributed by atoms with Crippen LogP contribution in [0.1, 0.15) is 6.92 Å². The smallest absolute Gasteiger partial charge is 0.316 e. The molecule has 0 atom stereocenters. The second kappa shape index (κ2) is 9.05. The van der Waals surface area contributed by atoms with Gasteiger partial charge >= 0.3 is 5.97 Å². The molecule has 0 radical (unpaired) electrons. The van der Waals surface area contributed by atoms with Crippen LogP contribution in [-0.4, -0.2) is 40.2 Å². The summed E-state index contributed by atoms with van der Waals surface area (Å²) in [7, 11) is 1.37. The van der Waals surface area contributed by atoms with Gasteiger partial charge < -0.3 is 9.47 Å². The Morgan fingerprint density at radius 3 is 2.44 bits per heavy atom. The van der Waals surface area contributed by atoms with Crippen molar-refractivity contribution in [1.82, 2.24) is 14.8 Å². The van der Waals surface area contributed by atoms with Crippen LogP contribution in [0.4, 0.5) is 0 Å². The summed E-state index contributed by atoms with van der Waals surface area (Å²) in [5, 5.41) is 9.24. The van der Waals surface area contributed by atoms with Gasteiger partial charge in [-0.2, -0.15) is 0 Å². The normalized spacial score (nSPS) is 10.6. The fourth-order valence-electron chi connectivity index (χ4n) is 2.42. The van der Waals surface area contributed by atoms with Crippen LogP contribution in [0.5, 0.6) is 5.75 Å². The van der Waals surface area contributed by atoms with Crippen molar-refractivity contribution in [3.63, 3.8) is 0 Å². The monoisotopic (exact) mass is 447 g/mol. The van der Waals surface area contributed by atoms with Crippen LogP contribution in [-0.2, 0) is 9.53 Å². The predicted octanol–water partition coefficient (Wildman–Crippen LogP) is 4.36. The Bertz CT molecular complexity index is 911. The van der Waals surface area contributed by atoms with Crippen molar-refractivity contribution >= 4 is 33.7 Å². The maximum atomic E-state index is 11.5. The predicted molar refractivity (Wildman–Crippen MR) is 108 cm³/mol. The number of carbonyl (C=O) groups is 1. The molecule has 8 heteroatoms. The van der Waals surface area contributed by atoms with E-state index in [2.05, 4.69) is 26.1 Å². The highest BCUT2D eigenvalue weighted by atomic mass is 79.9. The molecule has 0 aliphatic rings. The number of methoxy groups -OCH3 is 1. The average Bonchev–Trinajstić information content (AvgIpc) is 3.11. The Morgan fingerprint density at radius 1 is 1.11 bits per heavy atom. The summed E-state index contributed by atoms with van der Waals surface area (Å²) in [4.78, 5) is 11.5. The summed E-state index contributed by atoms with van der Waals surface area (Å²) < 4.78 is 13.2. The van der Waals surface area contributed by atoms with Crippen LogP contribution in [0, 0.1) is 0 Å². The number of rotatable bonds is 7. The second-order valence-corrected chi connectivity index (χ2v) is 7.30. The molecule has 0 fully saturated rings. The van der Waals surface area contributed by atoms with Gasteiger partial charge in [0.1, 0.15) is 5.75 Å². The third kappa shape index (κ3) is 4.70. The van der Waals surface area contributed by atoms with Gasteiger partial charge in [0.05, 0.1) is 19.5 Å². The minimum Gasteiger partial charge on any atom is -0.494 e. The molecule has 0 N–H and O–H groups in total. The lowest BCUT2D eigenvalue weighted by molar-refractivity contribution is -0.137. The summed E-state index contributed by atoms with van der Waals surface area (Å²) in [6.07, 6.45) is 0. The van der Waals surface area contributed by atoms with Crippen molar-refractivity contribution in [2.75, 3.05) is 19.5 Å². The van der Waals surface area contributed by atoms with E-state index in [9.17, 15) is 4.79 Å². The fourth-order valence-corrected chi connectivity index (χ4v) is 3.47. The molecule has 1 aromatic heterocycles. The van der Waals surface area contributed by atoms with E-state index in [1.165, 1.54) is 18.9 Å². The molecule has 2 aromatic carbocycles. The number of halogens is 1. The first-order valence-corrected chi connectivity index (χ1v) is 10.0. The second-order valence-electron chi connectivity index (χ2n) is 5.44. The Morgan fingerprint density at radius 2 is 1.81 bits per heavy atom. The molecule has 6 nitrogen and oxygen atoms in total. The van der Waals surface area contributed by atoms with Crippen LogP contribution < -0.4 is 4.74 Å². The topological polar surface area (TPSA) is 66.2 Å². The van der Waals surface area contributed by atoms with E-state index in [1.807, 2.05) is 60.0 Å². The zero-order valence-electron chi connectivity index (χ0n) is 14.9. The van der Waals surface area contributed by atoms with Crippen molar-refractivity contribution in [2.45, 2.75) is 12.1 Å². The van der Waals surface area contributed by atoms with E-state index in [4.69, 9.17) is 9.47 Å². The van der Waals surface area contributed by atoms with E-state index in [-0.39, 0.29) is 11.7 Å². The summed E-state index contributed by atoms with van der Waals surface area (Å²) in [5.74, 6) is 1.33. The van der Waals surface area contributed by atoms with E-state index in [0.717, 1.165) is 21.5 Å². The van der Waals surface area contributed by atoms with Crippen molar-refractivity contribution in [3.8, 4) is 22.8 Å². The first kappa shape index (κ1) is 19.4. The number of hydrogen-bond donors (Lipinski definition) is 0. The highest BCUT2D eigenvalue weighted by Crippen LogP contribution is 2.29. The Balaban J connectivity index is 2.02. The maximum Gasteiger partial charge on any atom is 0.316 e. The molecule has 3 aromatic rings. The fraction of sp³-hybridized carbons (Fsp3) is 0.211. The van der Waals surface area contributed by atoms with Gasteiger partial charge in [0.2, 0.25) is 0 Å². The van der Waals surface area contributed by atoms with E-state index in [1.54, 1.807) is 0 Å². The number of carbonyl (C=O) groups excluding carboxylic acids is 1. The van der Waals surface area contributed by atoms with Crippen LogP contribution >= 0.6 is 27.7 Å². The van der Waals surface area contributed by atoms with Crippen LogP contribution in [0.2, 0.25) is 0 Å². The first-order chi connectivity index (χ1) is 13.1. The Kier molecular flexibility index (Phi) is 6.52. The molecule has 0 amide bonds. The van der Waals surface area contributed by atoms with Crippen molar-refractivity contribution in [1.29, 1.82) is 0 Å². The summed E-state index contributed by atoms with van der Waals surface area (Å²) in [6.45, 7) is 2.55. The number of hydrogen-bond acceptors (Lipinski definition) is 6. The molecule has 0 aliphatic carbocycles. The molecule has 1 heterocycles. The van der Waals surface area contributed by atoms with Crippen LogP contribution in [0.15, 0.2) is 58.2 Å². The molecule has 0 saturated carbocycles. The highest BCUT2D eigenvalue weighted by Gasteiger charge is 2.17. The average molecular weight is 448 g/mol. The summed E-state index contributed by atoms with van der Waals surface area (Å²) in [5.41, 5.74) is 1.80. The maximum absolute atomic E-state index is 11.5. The largest absolute Gasteiger partial charge is 0.494 e. The lowest BCUT2D eigenvalue weighted by atomic mass is 10.2. The number of nitrogens with zero attached hydrogens (tertiary/aromatic N) is 3. The molecule has 0 saturated heterocycles. The number of aromatic nitrogens is 3. The van der Waals surface area contributed by atoms with Gasteiger partial charge in [-0.25, -0.2) is 0 Å². The SMILES string of the molecule is CCOc1ccc(-n2c(SCC(=O)OC)nnc2-c2ccc(Br)cc2)cc1. The lowest BCUT2D eigenvalue weighted by Gasteiger charge is -2.11. The molecular weight excluding hydrogens is 430 g/mol. The summed E-state index contributed by atoms with van der Waals surface area (Å²) in [6, 6.07) is 15.5. The highest BCUT2D eigenvalue weighted by molar-refractivity contribution is 9.10. The van der Waals surface area contributed by atoms with Gasteiger partial charge in [-0.05, 0) is 43.3 Å². The van der Waals surface area contributed by atoms with Crippen molar-refractivity contribution < 1.29 is 14.3 Å². The third-order valence-corrected chi connectivity index (χ3v) is 5.12. The molecule has 0 spiro atoms. The van der Waals surface area contributed by atoms with Gasteiger partial charge in [0.25, 0.3) is 0 Å². The van der Waals surface area contributed by atoms with Gasteiger partial charge in [-0.3, -0.25) is 9.36 Å². The zero-order valence-corrected chi connectivity index (χ0v) is 17.3. The molecule has 0 bridgehead atoms. The zero-order chi connectivity index (χ0) is 19.2. The van der Waals surface area contributed by atoms with Gasteiger partial charge in [-0.15, -0.1) is 10.2 Å². The van der Waals surface area contributed by atoms with E-state index < -0.39 is 0 Å². The molecule has 0 unspecified atom stereocenters. The molecule has 3 rings (SSSR count). The van der Waals surface area contributed by atoms with E-state index >= 15 is 0 Å². The van der Waals surface area contributed by atoms with E-state index in [0.29, 0.717) is 17.6 Å². The Hall–Kier alpha value is -2.32. The minimum atomic E-state index is -0.313. The number of benzene rings is 2. The molecule has 140 valence electrons. The number of esters is 1. The quantitative estimate of drug-likeness (QED) is 0.395. The standard InChI is InChI=1S/C19H18BrN3O3S/c1-3-26-16-10-8-15(9-11-16)23-18(13-4-6-14(20)7-5-13)21-22-19(23)27-12-17(24)25-2/h4-11H,3,12H2,1-2H3. The lowest BCUT2D eigenvalue weighted by Crippen LogP contribution is -2.05. The molecule has 0 aliphatic heterocycles. The summed E-state index contributed by atoms with van der Waals surface area (Å²) >= 11 is 4.73.